The molecule has 7 heteroatoms. The summed E-state index contributed by atoms with van der Waals surface area (Å²) in [6.07, 6.45) is 3.15. The van der Waals surface area contributed by atoms with E-state index >= 15 is 0 Å². The molecule has 1 aromatic heterocycles. The zero-order valence-corrected chi connectivity index (χ0v) is 17.9. The van der Waals surface area contributed by atoms with Gasteiger partial charge in [0.1, 0.15) is 0 Å². The lowest BCUT2D eigenvalue weighted by Crippen LogP contribution is -2.51. The molecule has 0 bridgehead atoms. The molecule has 0 saturated carbocycles. The van der Waals surface area contributed by atoms with Crippen LogP contribution < -0.4 is 0 Å². The first-order chi connectivity index (χ1) is 12.6. The maximum atomic E-state index is 12.8. The number of likely N-dealkylation sites (tertiary alicyclic amines) is 1. The van der Waals surface area contributed by atoms with Crippen molar-refractivity contribution in [2.75, 3.05) is 39.3 Å². The molecular formula is C19H28BrN3O2S. The first-order valence-corrected chi connectivity index (χ1v) is 11.2. The van der Waals surface area contributed by atoms with Crippen molar-refractivity contribution < 1.29 is 9.59 Å². The van der Waals surface area contributed by atoms with Crippen molar-refractivity contribution >= 4 is 39.1 Å². The minimum absolute atomic E-state index is 0.0977. The highest BCUT2D eigenvalue weighted by atomic mass is 79.9. The number of amides is 2. The average Bonchev–Trinajstić information content (AvgIpc) is 3.07. The molecule has 1 aromatic rings. The zero-order chi connectivity index (χ0) is 18.5. The minimum Gasteiger partial charge on any atom is -0.343 e. The molecule has 0 aromatic carbocycles. The van der Waals surface area contributed by atoms with Gasteiger partial charge in [-0.2, -0.15) is 0 Å². The number of piperidine rings is 1. The van der Waals surface area contributed by atoms with Crippen LogP contribution in [0, 0.1) is 5.92 Å². The molecule has 2 saturated heterocycles. The van der Waals surface area contributed by atoms with E-state index in [-0.39, 0.29) is 11.8 Å². The van der Waals surface area contributed by atoms with E-state index in [0.717, 1.165) is 65.1 Å². The van der Waals surface area contributed by atoms with Gasteiger partial charge in [-0.05, 0) is 47.3 Å². The van der Waals surface area contributed by atoms with Crippen LogP contribution in [0.3, 0.4) is 0 Å². The van der Waals surface area contributed by atoms with Gasteiger partial charge in [0, 0.05) is 63.0 Å². The molecule has 2 aliphatic rings. The van der Waals surface area contributed by atoms with Crippen LogP contribution in [-0.4, -0.2) is 65.8 Å². The first-order valence-electron chi connectivity index (χ1n) is 9.60. The first kappa shape index (κ1) is 19.8. The Balaban J connectivity index is 1.42. The number of thiophene rings is 1. The smallest absolute Gasteiger partial charge is 0.225 e. The predicted molar refractivity (Wildman–Crippen MR) is 108 cm³/mol. The number of hydrogen-bond acceptors (Lipinski definition) is 4. The van der Waals surface area contributed by atoms with Crippen LogP contribution in [0.4, 0.5) is 0 Å². The molecule has 144 valence electrons. The van der Waals surface area contributed by atoms with Gasteiger partial charge in [-0.3, -0.25) is 14.5 Å². The highest BCUT2D eigenvalue weighted by molar-refractivity contribution is 9.11. The summed E-state index contributed by atoms with van der Waals surface area (Å²) in [7, 11) is 0. The lowest BCUT2D eigenvalue weighted by Gasteiger charge is -2.38. The van der Waals surface area contributed by atoms with Crippen LogP contribution in [0.1, 0.15) is 37.5 Å². The number of halogens is 1. The quantitative estimate of drug-likeness (QED) is 0.704. The molecule has 3 heterocycles. The molecule has 0 atom stereocenters. The largest absolute Gasteiger partial charge is 0.343 e. The third-order valence-corrected chi connectivity index (χ3v) is 6.96. The molecule has 2 aliphatic heterocycles. The third kappa shape index (κ3) is 5.08. The number of piperazine rings is 1. The van der Waals surface area contributed by atoms with Crippen LogP contribution in [0.2, 0.25) is 0 Å². The van der Waals surface area contributed by atoms with Crippen molar-refractivity contribution in [3.05, 3.63) is 20.8 Å². The Morgan fingerprint density at radius 1 is 1.08 bits per heavy atom. The number of carbonyl (C=O) groups is 2. The Morgan fingerprint density at radius 2 is 1.77 bits per heavy atom. The maximum Gasteiger partial charge on any atom is 0.225 e. The van der Waals surface area contributed by atoms with Crippen molar-refractivity contribution in [3.63, 3.8) is 0 Å². The topological polar surface area (TPSA) is 43.9 Å². The summed E-state index contributed by atoms with van der Waals surface area (Å²) >= 11 is 5.29. The summed E-state index contributed by atoms with van der Waals surface area (Å²) in [5.74, 6) is 0.638. The number of rotatable bonds is 5. The molecule has 3 rings (SSSR count). The van der Waals surface area contributed by atoms with Crippen LogP contribution in [0.5, 0.6) is 0 Å². The van der Waals surface area contributed by atoms with Gasteiger partial charge < -0.3 is 9.80 Å². The molecule has 0 spiro atoms. The number of nitrogens with zero attached hydrogens (tertiary/aromatic N) is 3. The molecule has 26 heavy (non-hydrogen) atoms. The predicted octanol–water partition coefficient (Wildman–Crippen LogP) is 3.19. The summed E-state index contributed by atoms with van der Waals surface area (Å²) in [4.78, 5) is 32.6. The molecule has 2 fully saturated rings. The highest BCUT2D eigenvalue weighted by Gasteiger charge is 2.31. The van der Waals surface area contributed by atoms with Crippen molar-refractivity contribution in [1.29, 1.82) is 0 Å². The Hall–Kier alpha value is -0.920. The Morgan fingerprint density at radius 3 is 2.35 bits per heavy atom. The van der Waals surface area contributed by atoms with Crippen LogP contribution in [0.15, 0.2) is 15.9 Å². The molecule has 0 N–H and O–H groups in total. The van der Waals surface area contributed by atoms with E-state index in [0.29, 0.717) is 12.3 Å². The second-order valence-corrected chi connectivity index (χ2v) is 9.76. The van der Waals surface area contributed by atoms with Gasteiger partial charge >= 0.3 is 0 Å². The SMILES string of the molecule is CCCC(=O)N1CCC(C(=O)N2CCN(Cc3ccc(Br)s3)CC2)CC1. The van der Waals surface area contributed by atoms with E-state index < -0.39 is 0 Å². The molecular weight excluding hydrogens is 414 g/mol. The van der Waals surface area contributed by atoms with Crippen molar-refractivity contribution in [3.8, 4) is 0 Å². The standard InChI is InChI=1S/C19H28BrN3O2S/c1-2-3-18(24)22-8-6-15(7-9-22)19(25)23-12-10-21(11-13-23)14-16-4-5-17(20)26-16/h4-5,15H,2-3,6-14H2,1H3. The van der Waals surface area contributed by atoms with Gasteiger partial charge in [0.05, 0.1) is 3.79 Å². The molecule has 0 aliphatic carbocycles. The monoisotopic (exact) mass is 441 g/mol. The fourth-order valence-electron chi connectivity index (χ4n) is 3.79. The normalized spacial score (nSPS) is 19.8. The van der Waals surface area contributed by atoms with Gasteiger partial charge in [0.25, 0.3) is 0 Å². The second kappa shape index (κ2) is 9.33. The average molecular weight is 442 g/mol. The summed E-state index contributed by atoms with van der Waals surface area (Å²) in [5, 5.41) is 0. The third-order valence-electron chi connectivity index (χ3n) is 5.35. The van der Waals surface area contributed by atoms with Gasteiger partial charge in [-0.25, -0.2) is 0 Å². The summed E-state index contributed by atoms with van der Waals surface area (Å²) in [6, 6.07) is 4.26. The summed E-state index contributed by atoms with van der Waals surface area (Å²) < 4.78 is 1.17. The Bertz CT molecular complexity index is 620. The number of hydrogen-bond donors (Lipinski definition) is 0. The van der Waals surface area contributed by atoms with Gasteiger partial charge in [0.15, 0.2) is 0 Å². The van der Waals surface area contributed by atoms with Crippen LogP contribution >= 0.6 is 27.3 Å². The molecule has 0 unspecified atom stereocenters. The zero-order valence-electron chi connectivity index (χ0n) is 15.5. The van der Waals surface area contributed by atoms with Crippen molar-refractivity contribution in [2.24, 2.45) is 5.92 Å². The van der Waals surface area contributed by atoms with E-state index in [9.17, 15) is 9.59 Å². The van der Waals surface area contributed by atoms with Gasteiger partial charge in [-0.1, -0.05) is 6.92 Å². The van der Waals surface area contributed by atoms with Crippen LogP contribution in [0.25, 0.3) is 0 Å². The second-order valence-electron chi connectivity index (χ2n) is 7.21. The fraction of sp³-hybridized carbons (Fsp3) is 0.684. The highest BCUT2D eigenvalue weighted by Crippen LogP contribution is 2.24. The lowest BCUT2D eigenvalue weighted by molar-refractivity contribution is -0.142. The van der Waals surface area contributed by atoms with Gasteiger partial charge in [0.2, 0.25) is 11.8 Å². The van der Waals surface area contributed by atoms with Gasteiger partial charge in [-0.15, -0.1) is 11.3 Å². The number of carbonyl (C=O) groups excluding carboxylic acids is 2. The Kier molecular flexibility index (Phi) is 7.12. The van der Waals surface area contributed by atoms with Crippen molar-refractivity contribution in [2.45, 2.75) is 39.2 Å². The van der Waals surface area contributed by atoms with E-state index in [1.807, 2.05) is 16.7 Å². The summed E-state index contributed by atoms with van der Waals surface area (Å²) in [5.41, 5.74) is 0. The fourth-order valence-corrected chi connectivity index (χ4v) is 5.32. The van der Waals surface area contributed by atoms with Crippen molar-refractivity contribution in [1.82, 2.24) is 14.7 Å². The minimum atomic E-state index is 0.0977. The molecule has 2 amide bonds. The van der Waals surface area contributed by atoms with Crippen LogP contribution in [-0.2, 0) is 16.1 Å². The Labute approximate surface area is 168 Å². The van der Waals surface area contributed by atoms with E-state index in [1.165, 1.54) is 8.66 Å². The van der Waals surface area contributed by atoms with E-state index in [4.69, 9.17) is 0 Å². The maximum absolute atomic E-state index is 12.8. The lowest BCUT2D eigenvalue weighted by atomic mass is 9.94. The molecule has 0 radical (unpaired) electrons. The van der Waals surface area contributed by atoms with E-state index in [2.05, 4.69) is 33.0 Å². The summed E-state index contributed by atoms with van der Waals surface area (Å²) in [6.45, 7) is 8.00. The molecule has 5 nitrogen and oxygen atoms in total. The van der Waals surface area contributed by atoms with E-state index in [1.54, 1.807) is 11.3 Å².